The van der Waals surface area contributed by atoms with E-state index in [1.165, 1.54) is 6.42 Å². The number of carbonyl (C=O) groups is 3. The Morgan fingerprint density at radius 1 is 1.08 bits per heavy atom. The van der Waals surface area contributed by atoms with Crippen molar-refractivity contribution in [2.45, 2.75) is 117 Å². The topological polar surface area (TPSA) is 108 Å². The predicted molar refractivity (Wildman–Crippen MR) is 145 cm³/mol. The Kier molecular flexibility index (Phi) is 12.2. The van der Waals surface area contributed by atoms with E-state index in [0.29, 0.717) is 17.7 Å². The summed E-state index contributed by atoms with van der Waals surface area (Å²) in [5.74, 6) is -0.439. The van der Waals surface area contributed by atoms with Crippen molar-refractivity contribution in [3.63, 3.8) is 0 Å². The van der Waals surface area contributed by atoms with Crippen molar-refractivity contribution in [3.05, 3.63) is 29.3 Å². The van der Waals surface area contributed by atoms with E-state index in [2.05, 4.69) is 17.6 Å². The van der Waals surface area contributed by atoms with Crippen LogP contribution >= 0.6 is 0 Å². The number of phenolic OH excluding ortho intramolecular Hbond substituents is 1. The second kappa shape index (κ2) is 14.8. The average molecular weight is 518 g/mol. The first-order chi connectivity index (χ1) is 17.5. The molecule has 37 heavy (non-hydrogen) atoms. The number of unbranched alkanes of at least 4 members (excludes halogenated alkanes) is 4. The Balaban J connectivity index is 2.30. The molecule has 0 heterocycles. The molecule has 3 amide bonds. The largest absolute Gasteiger partial charge is 0.508 e. The zero-order valence-electron chi connectivity index (χ0n) is 23.4. The number of carbonyl (C=O) groups excluding carboxylic acids is 3. The van der Waals surface area contributed by atoms with Gasteiger partial charge in [0, 0.05) is 12.6 Å². The van der Waals surface area contributed by atoms with Crippen molar-refractivity contribution in [1.29, 1.82) is 0 Å². The summed E-state index contributed by atoms with van der Waals surface area (Å²) in [6.45, 7) is 9.32. The van der Waals surface area contributed by atoms with Gasteiger partial charge in [0.1, 0.15) is 23.9 Å². The number of hydrogen-bond acceptors (Lipinski definition) is 5. The van der Waals surface area contributed by atoms with Gasteiger partial charge >= 0.3 is 6.09 Å². The van der Waals surface area contributed by atoms with Crippen LogP contribution in [0.15, 0.2) is 18.2 Å². The van der Waals surface area contributed by atoms with E-state index in [0.717, 1.165) is 57.8 Å². The van der Waals surface area contributed by atoms with E-state index in [9.17, 15) is 19.5 Å². The van der Waals surface area contributed by atoms with E-state index in [4.69, 9.17) is 4.74 Å². The smallest absolute Gasteiger partial charge is 0.408 e. The van der Waals surface area contributed by atoms with Gasteiger partial charge in [0.15, 0.2) is 0 Å². The van der Waals surface area contributed by atoms with Crippen LogP contribution in [0.5, 0.6) is 5.75 Å². The molecule has 1 aromatic carbocycles. The number of rotatable bonds is 12. The number of benzene rings is 1. The fourth-order valence-electron chi connectivity index (χ4n) is 4.70. The van der Waals surface area contributed by atoms with E-state index in [1.54, 1.807) is 50.8 Å². The predicted octanol–water partition coefficient (Wildman–Crippen LogP) is 5.51. The Hall–Kier alpha value is -2.77. The van der Waals surface area contributed by atoms with Gasteiger partial charge in [0.2, 0.25) is 11.8 Å². The number of phenols is 1. The molecule has 1 aliphatic rings. The second-order valence-electron chi connectivity index (χ2n) is 11.1. The van der Waals surface area contributed by atoms with Crippen molar-refractivity contribution in [2.24, 2.45) is 0 Å². The van der Waals surface area contributed by atoms with Crippen LogP contribution < -0.4 is 10.6 Å². The quantitative estimate of drug-likeness (QED) is 0.317. The summed E-state index contributed by atoms with van der Waals surface area (Å²) in [6, 6.07) is 4.25. The van der Waals surface area contributed by atoms with Crippen LogP contribution in [0.4, 0.5) is 4.79 Å². The molecule has 8 heteroatoms. The van der Waals surface area contributed by atoms with Crippen LogP contribution in [-0.2, 0) is 14.3 Å². The van der Waals surface area contributed by atoms with Crippen LogP contribution in [0, 0.1) is 6.92 Å². The molecule has 1 fully saturated rings. The fraction of sp³-hybridized carbons (Fsp3) is 0.690. The molecule has 0 bridgehead atoms. The summed E-state index contributed by atoms with van der Waals surface area (Å²) < 4.78 is 5.29. The van der Waals surface area contributed by atoms with Gasteiger partial charge in [-0.15, -0.1) is 0 Å². The zero-order valence-corrected chi connectivity index (χ0v) is 23.4. The number of ether oxygens (including phenoxy) is 1. The summed E-state index contributed by atoms with van der Waals surface area (Å²) in [5, 5.41) is 15.8. The molecule has 1 unspecified atom stereocenters. The normalized spacial score (nSPS) is 15.1. The molecule has 1 saturated carbocycles. The van der Waals surface area contributed by atoms with Crippen molar-refractivity contribution in [1.82, 2.24) is 15.5 Å². The number of aromatic hydroxyl groups is 1. The van der Waals surface area contributed by atoms with Crippen LogP contribution in [0.2, 0.25) is 0 Å². The molecule has 2 rings (SSSR count). The third-order valence-corrected chi connectivity index (χ3v) is 6.65. The SMILES string of the molecule is CCCCCCCN(C(=O)CNC(=O)OC(C)(C)C)C(C(=O)NC1CCCCC1)c1ccc(O)c(C)c1. The average Bonchev–Trinajstić information content (AvgIpc) is 2.83. The molecule has 0 saturated heterocycles. The third-order valence-electron chi connectivity index (χ3n) is 6.65. The molecule has 1 aromatic rings. The number of aryl methyl sites for hydroxylation is 1. The van der Waals surface area contributed by atoms with Gasteiger partial charge in [-0.3, -0.25) is 9.59 Å². The van der Waals surface area contributed by atoms with Crippen LogP contribution in [0.3, 0.4) is 0 Å². The summed E-state index contributed by atoms with van der Waals surface area (Å²) in [4.78, 5) is 41.1. The Morgan fingerprint density at radius 2 is 1.76 bits per heavy atom. The molecule has 1 aliphatic carbocycles. The van der Waals surface area contributed by atoms with Gasteiger partial charge in [0.05, 0.1) is 0 Å². The maximum Gasteiger partial charge on any atom is 0.408 e. The summed E-state index contributed by atoms with van der Waals surface area (Å²) in [7, 11) is 0. The molecule has 8 nitrogen and oxygen atoms in total. The van der Waals surface area contributed by atoms with Gasteiger partial charge < -0.3 is 25.4 Å². The summed E-state index contributed by atoms with van der Waals surface area (Å²) in [6.07, 6.45) is 9.51. The van der Waals surface area contributed by atoms with Gasteiger partial charge in [-0.2, -0.15) is 0 Å². The monoisotopic (exact) mass is 517 g/mol. The minimum absolute atomic E-state index is 0.0864. The number of nitrogens with zero attached hydrogens (tertiary/aromatic N) is 1. The molecule has 0 radical (unpaired) electrons. The number of alkyl carbamates (subject to hydrolysis) is 1. The molecular weight excluding hydrogens is 470 g/mol. The molecular formula is C29H47N3O5. The lowest BCUT2D eigenvalue weighted by Gasteiger charge is -2.34. The first-order valence-corrected chi connectivity index (χ1v) is 13.9. The third kappa shape index (κ3) is 10.6. The Morgan fingerprint density at radius 3 is 2.38 bits per heavy atom. The zero-order chi connectivity index (χ0) is 27.4. The highest BCUT2D eigenvalue weighted by Gasteiger charge is 2.33. The molecule has 3 N–H and O–H groups in total. The van der Waals surface area contributed by atoms with Gasteiger partial charge in [-0.1, -0.05) is 57.9 Å². The van der Waals surface area contributed by atoms with E-state index >= 15 is 0 Å². The standard InChI is InChI=1S/C29H47N3O5/c1-6-7-8-9-13-18-32(25(34)20-30-28(36)37-29(3,4)5)26(22-16-17-24(33)21(2)19-22)27(35)31-23-14-11-10-12-15-23/h16-17,19,23,26,33H,6-15,18,20H2,1-5H3,(H,30,36)(H,31,35). The number of amides is 3. The van der Waals surface area contributed by atoms with Crippen LogP contribution in [0.25, 0.3) is 0 Å². The summed E-state index contributed by atoms with van der Waals surface area (Å²) >= 11 is 0. The molecule has 0 spiro atoms. The van der Waals surface area contributed by atoms with Crippen molar-refractivity contribution in [3.8, 4) is 5.75 Å². The van der Waals surface area contributed by atoms with E-state index in [-0.39, 0.29) is 30.2 Å². The minimum atomic E-state index is -0.861. The molecule has 1 atom stereocenters. The second-order valence-corrected chi connectivity index (χ2v) is 11.1. The highest BCUT2D eigenvalue weighted by Crippen LogP contribution is 2.28. The molecule has 208 valence electrons. The molecule has 0 aliphatic heterocycles. The summed E-state index contributed by atoms with van der Waals surface area (Å²) in [5.41, 5.74) is 0.593. The van der Waals surface area contributed by atoms with Crippen molar-refractivity contribution >= 4 is 17.9 Å². The maximum atomic E-state index is 13.7. The van der Waals surface area contributed by atoms with Gasteiger partial charge in [-0.05, 0) is 70.2 Å². The van der Waals surface area contributed by atoms with E-state index < -0.39 is 17.7 Å². The van der Waals surface area contributed by atoms with Crippen LogP contribution in [0.1, 0.15) is 109 Å². The Labute approximate surface area is 222 Å². The lowest BCUT2D eigenvalue weighted by Crippen LogP contribution is -2.50. The van der Waals surface area contributed by atoms with Crippen molar-refractivity contribution in [2.75, 3.05) is 13.1 Å². The van der Waals surface area contributed by atoms with Gasteiger partial charge in [-0.25, -0.2) is 4.79 Å². The number of hydrogen-bond donors (Lipinski definition) is 3. The van der Waals surface area contributed by atoms with E-state index in [1.807, 2.05) is 0 Å². The first-order valence-electron chi connectivity index (χ1n) is 13.9. The maximum absolute atomic E-state index is 13.7. The van der Waals surface area contributed by atoms with Gasteiger partial charge in [0.25, 0.3) is 0 Å². The minimum Gasteiger partial charge on any atom is -0.508 e. The highest BCUT2D eigenvalue weighted by atomic mass is 16.6. The molecule has 0 aromatic heterocycles. The Bertz CT molecular complexity index is 890. The highest BCUT2D eigenvalue weighted by molar-refractivity contribution is 5.90. The van der Waals surface area contributed by atoms with Crippen molar-refractivity contribution < 1.29 is 24.2 Å². The number of nitrogens with one attached hydrogen (secondary N) is 2. The fourth-order valence-corrected chi connectivity index (χ4v) is 4.70. The first kappa shape index (κ1) is 30.5. The lowest BCUT2D eigenvalue weighted by molar-refractivity contribution is -0.140. The lowest BCUT2D eigenvalue weighted by atomic mass is 9.94. The van der Waals surface area contributed by atoms with Crippen LogP contribution in [-0.4, -0.2) is 52.6 Å².